The third-order valence-electron chi connectivity index (χ3n) is 3.36. The van der Waals surface area contributed by atoms with Crippen molar-refractivity contribution in [3.05, 3.63) is 42.0 Å². The largest absolute Gasteiger partial charge is 0.456 e. The second kappa shape index (κ2) is 4.03. The van der Waals surface area contributed by atoms with Gasteiger partial charge in [0.25, 0.3) is 0 Å². The lowest BCUT2D eigenvalue weighted by molar-refractivity contribution is 0.273. The Balaban J connectivity index is 2.30. The van der Waals surface area contributed by atoms with E-state index in [-0.39, 0.29) is 12.5 Å². The molecule has 3 nitrogen and oxygen atoms in total. The molecule has 0 amide bonds. The molecule has 0 radical (unpaired) electrons. The lowest BCUT2D eigenvalue weighted by atomic mass is 10.00. The summed E-state index contributed by atoms with van der Waals surface area (Å²) in [4.78, 5) is 0. The summed E-state index contributed by atoms with van der Waals surface area (Å²) >= 11 is 0. The predicted molar refractivity (Wildman–Crippen MR) is 73.6 cm³/mol. The minimum atomic E-state index is 0.125. The molecule has 0 aliphatic rings. The molecule has 0 saturated heterocycles. The first kappa shape index (κ1) is 11.1. The molecule has 0 aliphatic heterocycles. The van der Waals surface area contributed by atoms with E-state index in [9.17, 15) is 5.11 Å². The second-order valence-corrected chi connectivity index (χ2v) is 4.70. The van der Waals surface area contributed by atoms with Crippen LogP contribution in [-0.4, -0.2) is 11.7 Å². The van der Waals surface area contributed by atoms with Gasteiger partial charge >= 0.3 is 0 Å². The predicted octanol–water partition coefficient (Wildman–Crippen LogP) is 3.26. The Labute approximate surface area is 105 Å². The molecule has 1 atom stereocenters. The van der Waals surface area contributed by atoms with E-state index >= 15 is 0 Å². The first-order valence-electron chi connectivity index (χ1n) is 6.01. The van der Waals surface area contributed by atoms with Gasteiger partial charge in [0.05, 0.1) is 0 Å². The molecule has 1 heterocycles. The van der Waals surface area contributed by atoms with E-state index in [0.717, 1.165) is 33.2 Å². The van der Waals surface area contributed by atoms with Crippen molar-refractivity contribution in [3.63, 3.8) is 0 Å². The molecule has 2 aromatic carbocycles. The van der Waals surface area contributed by atoms with Gasteiger partial charge in [-0.05, 0) is 35.9 Å². The first-order valence-corrected chi connectivity index (χ1v) is 6.01. The number of aliphatic hydroxyl groups is 1. The van der Waals surface area contributed by atoms with Gasteiger partial charge in [-0.2, -0.15) is 0 Å². The van der Waals surface area contributed by atoms with Crippen LogP contribution in [0.25, 0.3) is 21.9 Å². The van der Waals surface area contributed by atoms with Crippen LogP contribution in [0.3, 0.4) is 0 Å². The Morgan fingerprint density at radius 3 is 2.50 bits per heavy atom. The van der Waals surface area contributed by atoms with Gasteiger partial charge in [-0.1, -0.05) is 13.0 Å². The van der Waals surface area contributed by atoms with Crippen molar-refractivity contribution in [2.75, 3.05) is 12.3 Å². The molecule has 1 unspecified atom stereocenters. The fourth-order valence-electron chi connectivity index (χ4n) is 2.22. The van der Waals surface area contributed by atoms with Gasteiger partial charge in [-0.15, -0.1) is 0 Å². The summed E-state index contributed by atoms with van der Waals surface area (Å²) in [6.45, 7) is 2.14. The normalized spacial score (nSPS) is 13.2. The smallest absolute Gasteiger partial charge is 0.135 e. The lowest BCUT2D eigenvalue weighted by Crippen LogP contribution is -1.97. The third-order valence-corrected chi connectivity index (χ3v) is 3.36. The highest BCUT2D eigenvalue weighted by Gasteiger charge is 2.10. The Hall–Kier alpha value is -2.00. The Kier molecular flexibility index (Phi) is 2.49. The summed E-state index contributed by atoms with van der Waals surface area (Å²) < 4.78 is 5.76. The van der Waals surface area contributed by atoms with E-state index < -0.39 is 0 Å². The topological polar surface area (TPSA) is 59.4 Å². The van der Waals surface area contributed by atoms with Crippen LogP contribution in [0, 0.1) is 0 Å². The van der Waals surface area contributed by atoms with E-state index in [0.29, 0.717) is 0 Å². The number of rotatable bonds is 2. The summed E-state index contributed by atoms with van der Waals surface area (Å²) in [5, 5.41) is 11.3. The van der Waals surface area contributed by atoms with E-state index in [1.807, 2.05) is 37.3 Å². The van der Waals surface area contributed by atoms with E-state index in [1.165, 1.54) is 0 Å². The van der Waals surface area contributed by atoms with Gasteiger partial charge in [-0.3, -0.25) is 0 Å². The van der Waals surface area contributed by atoms with Crippen molar-refractivity contribution in [1.29, 1.82) is 0 Å². The Morgan fingerprint density at radius 1 is 1.11 bits per heavy atom. The number of fused-ring (bicyclic) bond motifs is 3. The Bertz CT molecular complexity index is 715. The SMILES string of the molecule is CC(CO)c1ccc2oc3ccc(N)cc3c2c1. The Morgan fingerprint density at radius 2 is 1.78 bits per heavy atom. The molecular formula is C15H15NO2. The van der Waals surface area contributed by atoms with Gasteiger partial charge in [0.15, 0.2) is 0 Å². The zero-order valence-corrected chi connectivity index (χ0v) is 10.2. The average Bonchev–Trinajstić information content (AvgIpc) is 2.75. The molecule has 3 N–H and O–H groups in total. The van der Waals surface area contributed by atoms with Crippen LogP contribution in [0.15, 0.2) is 40.8 Å². The standard InChI is InChI=1S/C15H15NO2/c1-9(8-17)10-2-4-14-12(6-10)13-7-11(16)3-5-15(13)18-14/h2-7,9,17H,8,16H2,1H3. The van der Waals surface area contributed by atoms with Crippen LogP contribution in [0.2, 0.25) is 0 Å². The maximum atomic E-state index is 9.22. The number of nitrogen functional groups attached to an aromatic ring is 1. The lowest BCUT2D eigenvalue weighted by Gasteiger charge is -2.07. The number of hydrogen-bond donors (Lipinski definition) is 2. The van der Waals surface area contributed by atoms with Gasteiger partial charge in [-0.25, -0.2) is 0 Å². The minimum absolute atomic E-state index is 0.125. The summed E-state index contributed by atoms with van der Waals surface area (Å²) in [6.07, 6.45) is 0. The summed E-state index contributed by atoms with van der Waals surface area (Å²) in [6, 6.07) is 11.7. The molecule has 92 valence electrons. The van der Waals surface area contributed by atoms with E-state index in [2.05, 4.69) is 6.07 Å². The molecule has 3 rings (SSSR count). The van der Waals surface area contributed by atoms with Crippen molar-refractivity contribution in [2.45, 2.75) is 12.8 Å². The summed E-state index contributed by atoms with van der Waals surface area (Å²) in [7, 11) is 0. The zero-order valence-electron chi connectivity index (χ0n) is 10.2. The summed E-state index contributed by atoms with van der Waals surface area (Å²) in [5.41, 5.74) is 9.34. The van der Waals surface area contributed by atoms with Crippen molar-refractivity contribution in [2.24, 2.45) is 0 Å². The number of anilines is 1. The second-order valence-electron chi connectivity index (χ2n) is 4.70. The van der Waals surface area contributed by atoms with Crippen LogP contribution >= 0.6 is 0 Å². The number of furan rings is 1. The van der Waals surface area contributed by atoms with Crippen LogP contribution in [0.5, 0.6) is 0 Å². The third kappa shape index (κ3) is 1.64. The maximum Gasteiger partial charge on any atom is 0.135 e. The van der Waals surface area contributed by atoms with Crippen LogP contribution in [0.1, 0.15) is 18.4 Å². The number of aliphatic hydroxyl groups excluding tert-OH is 1. The number of hydrogen-bond acceptors (Lipinski definition) is 3. The monoisotopic (exact) mass is 241 g/mol. The molecule has 1 aromatic heterocycles. The first-order chi connectivity index (χ1) is 8.69. The molecule has 0 saturated carbocycles. The van der Waals surface area contributed by atoms with Crippen LogP contribution in [-0.2, 0) is 0 Å². The van der Waals surface area contributed by atoms with E-state index in [1.54, 1.807) is 0 Å². The maximum absolute atomic E-state index is 9.22. The minimum Gasteiger partial charge on any atom is -0.456 e. The highest BCUT2D eigenvalue weighted by molar-refractivity contribution is 6.06. The highest BCUT2D eigenvalue weighted by atomic mass is 16.3. The van der Waals surface area contributed by atoms with Crippen LogP contribution < -0.4 is 5.73 Å². The van der Waals surface area contributed by atoms with Gasteiger partial charge in [0, 0.05) is 29.0 Å². The van der Waals surface area contributed by atoms with Gasteiger partial charge in [0.1, 0.15) is 11.2 Å². The summed E-state index contributed by atoms with van der Waals surface area (Å²) in [5.74, 6) is 0.125. The highest BCUT2D eigenvalue weighted by Crippen LogP contribution is 2.32. The quantitative estimate of drug-likeness (QED) is 0.677. The van der Waals surface area contributed by atoms with Crippen molar-refractivity contribution < 1.29 is 9.52 Å². The van der Waals surface area contributed by atoms with Crippen molar-refractivity contribution in [3.8, 4) is 0 Å². The van der Waals surface area contributed by atoms with Gasteiger partial charge in [0.2, 0.25) is 0 Å². The van der Waals surface area contributed by atoms with Crippen molar-refractivity contribution >= 4 is 27.6 Å². The number of nitrogens with two attached hydrogens (primary N) is 1. The molecule has 0 spiro atoms. The number of benzene rings is 2. The average molecular weight is 241 g/mol. The molecule has 3 aromatic rings. The fraction of sp³-hybridized carbons (Fsp3) is 0.200. The zero-order chi connectivity index (χ0) is 12.7. The molecular weight excluding hydrogens is 226 g/mol. The molecule has 18 heavy (non-hydrogen) atoms. The molecule has 0 bridgehead atoms. The molecule has 3 heteroatoms. The fourth-order valence-corrected chi connectivity index (χ4v) is 2.22. The van der Waals surface area contributed by atoms with Crippen molar-refractivity contribution in [1.82, 2.24) is 0 Å². The van der Waals surface area contributed by atoms with Gasteiger partial charge < -0.3 is 15.3 Å². The molecule has 0 fully saturated rings. The molecule has 0 aliphatic carbocycles. The van der Waals surface area contributed by atoms with Crippen LogP contribution in [0.4, 0.5) is 5.69 Å². The van der Waals surface area contributed by atoms with E-state index in [4.69, 9.17) is 10.2 Å².